The molecule has 15 heavy (non-hydrogen) atoms. The average Bonchev–Trinajstić information content (AvgIpc) is 2.23. The van der Waals surface area contributed by atoms with Gasteiger partial charge in [-0.15, -0.1) is 0 Å². The van der Waals surface area contributed by atoms with Crippen molar-refractivity contribution in [3.05, 3.63) is 22.4 Å². The van der Waals surface area contributed by atoms with Crippen LogP contribution < -0.4 is 0 Å². The Morgan fingerprint density at radius 2 is 2.40 bits per heavy atom. The zero-order valence-corrected chi connectivity index (χ0v) is 10.4. The molecule has 1 aliphatic carbocycles. The highest BCUT2D eigenvalue weighted by molar-refractivity contribution is 6.38. The number of carbonyl (C=O) groups is 1. The molecule has 4 heteroatoms. The monoisotopic (exact) mass is 248 g/mol. The number of rotatable bonds is 3. The van der Waals surface area contributed by atoms with Gasteiger partial charge in [0.1, 0.15) is 0 Å². The number of ketones is 1. The predicted molar refractivity (Wildman–Crippen MR) is 61.8 cm³/mol. The molecule has 0 saturated heterocycles. The van der Waals surface area contributed by atoms with Gasteiger partial charge >= 0.3 is 0 Å². The lowest BCUT2D eigenvalue weighted by Crippen LogP contribution is -2.30. The van der Waals surface area contributed by atoms with Crippen molar-refractivity contribution in [1.82, 2.24) is 0 Å². The molecule has 0 fully saturated rings. The van der Waals surface area contributed by atoms with E-state index < -0.39 is 5.41 Å². The van der Waals surface area contributed by atoms with E-state index in [0.717, 1.165) is 12.2 Å². The van der Waals surface area contributed by atoms with Crippen LogP contribution in [0.15, 0.2) is 22.4 Å². The minimum absolute atomic E-state index is 0.0425. The normalized spacial score (nSPS) is 27.6. The maximum Gasteiger partial charge on any atom is 0.170 e. The molecule has 0 radical (unpaired) electrons. The quantitative estimate of drug-likeness (QED) is 0.763. The Kier molecular flexibility index (Phi) is 4.23. The largest absolute Gasteiger partial charge is 0.498 e. The second-order valence-corrected chi connectivity index (χ2v) is 4.32. The van der Waals surface area contributed by atoms with E-state index >= 15 is 0 Å². The summed E-state index contributed by atoms with van der Waals surface area (Å²) in [5.41, 5.74) is 0.586. The molecular formula is C11H14Cl2O2. The van der Waals surface area contributed by atoms with Gasteiger partial charge in [0.25, 0.3) is 0 Å². The third-order valence-corrected chi connectivity index (χ3v) is 3.52. The number of hydrogen-bond acceptors (Lipinski definition) is 2. The van der Waals surface area contributed by atoms with Gasteiger partial charge in [0.15, 0.2) is 5.78 Å². The van der Waals surface area contributed by atoms with Crippen LogP contribution in [0.1, 0.15) is 26.7 Å². The van der Waals surface area contributed by atoms with Crippen LogP contribution in [0.3, 0.4) is 0 Å². The maximum atomic E-state index is 11.9. The SMILES string of the molecule is CCOC1=CC(=O)C(C)(/C(Cl)=C/Cl)CC1. The van der Waals surface area contributed by atoms with E-state index in [-0.39, 0.29) is 5.78 Å². The molecule has 1 atom stereocenters. The van der Waals surface area contributed by atoms with E-state index in [4.69, 9.17) is 27.9 Å². The second kappa shape index (κ2) is 5.04. The van der Waals surface area contributed by atoms with Gasteiger partial charge in [-0.3, -0.25) is 4.79 Å². The summed E-state index contributed by atoms with van der Waals surface area (Å²) < 4.78 is 5.30. The van der Waals surface area contributed by atoms with Crippen LogP contribution in [-0.2, 0) is 9.53 Å². The smallest absolute Gasteiger partial charge is 0.170 e. The highest BCUT2D eigenvalue weighted by atomic mass is 35.5. The molecule has 0 bridgehead atoms. The Balaban J connectivity index is 2.89. The zero-order chi connectivity index (χ0) is 11.5. The molecule has 0 amide bonds. The van der Waals surface area contributed by atoms with Crippen molar-refractivity contribution in [3.63, 3.8) is 0 Å². The van der Waals surface area contributed by atoms with Gasteiger partial charge in [0.2, 0.25) is 0 Å². The van der Waals surface area contributed by atoms with Crippen LogP contribution in [0.4, 0.5) is 0 Å². The van der Waals surface area contributed by atoms with Crippen LogP contribution in [0.25, 0.3) is 0 Å². The molecular weight excluding hydrogens is 235 g/mol. The first kappa shape index (κ1) is 12.6. The van der Waals surface area contributed by atoms with Crippen molar-refractivity contribution >= 4 is 29.0 Å². The number of allylic oxidation sites excluding steroid dienone is 3. The molecule has 0 aromatic carbocycles. The fraction of sp³-hybridized carbons (Fsp3) is 0.545. The summed E-state index contributed by atoms with van der Waals surface area (Å²) in [6, 6.07) is 0. The fourth-order valence-electron chi connectivity index (χ4n) is 1.53. The Morgan fingerprint density at radius 1 is 1.73 bits per heavy atom. The maximum absolute atomic E-state index is 11.9. The molecule has 84 valence electrons. The molecule has 0 spiro atoms. The van der Waals surface area contributed by atoms with Gasteiger partial charge in [0, 0.05) is 23.1 Å². The molecule has 0 aromatic rings. The number of hydrogen-bond donors (Lipinski definition) is 0. The van der Waals surface area contributed by atoms with Crippen molar-refractivity contribution in [2.45, 2.75) is 26.7 Å². The van der Waals surface area contributed by atoms with E-state index in [9.17, 15) is 4.79 Å². The highest BCUT2D eigenvalue weighted by Crippen LogP contribution is 2.41. The average molecular weight is 249 g/mol. The summed E-state index contributed by atoms with van der Waals surface area (Å²) in [4.78, 5) is 11.9. The Hall–Kier alpha value is -0.470. The summed E-state index contributed by atoms with van der Waals surface area (Å²) in [6.07, 6.45) is 2.88. The predicted octanol–water partition coefficient (Wildman–Crippen LogP) is 3.60. The third kappa shape index (κ3) is 2.56. The van der Waals surface area contributed by atoms with E-state index in [1.54, 1.807) is 6.92 Å². The summed E-state index contributed by atoms with van der Waals surface area (Å²) in [5.74, 6) is 0.693. The molecule has 0 saturated carbocycles. The first-order chi connectivity index (χ1) is 7.04. The summed E-state index contributed by atoms with van der Waals surface area (Å²) in [6.45, 7) is 4.27. The minimum Gasteiger partial charge on any atom is -0.498 e. The second-order valence-electron chi connectivity index (χ2n) is 3.70. The molecule has 1 rings (SSSR count). The topological polar surface area (TPSA) is 26.3 Å². The Morgan fingerprint density at radius 3 is 2.87 bits per heavy atom. The minimum atomic E-state index is -0.677. The van der Waals surface area contributed by atoms with Crippen molar-refractivity contribution in [2.75, 3.05) is 6.61 Å². The van der Waals surface area contributed by atoms with Crippen molar-refractivity contribution < 1.29 is 9.53 Å². The molecule has 2 nitrogen and oxygen atoms in total. The van der Waals surface area contributed by atoms with Crippen LogP contribution in [0, 0.1) is 5.41 Å². The highest BCUT2D eigenvalue weighted by Gasteiger charge is 2.38. The van der Waals surface area contributed by atoms with Crippen molar-refractivity contribution in [3.8, 4) is 0 Å². The van der Waals surface area contributed by atoms with Gasteiger partial charge in [-0.05, 0) is 20.3 Å². The standard InChI is InChI=1S/C11H14Cl2O2/c1-3-15-8-4-5-11(2,9(13)7-12)10(14)6-8/h6-7H,3-5H2,1-2H3/b9-7-. The summed E-state index contributed by atoms with van der Waals surface area (Å²) in [5, 5.41) is 0.390. The van der Waals surface area contributed by atoms with Crippen molar-refractivity contribution in [2.24, 2.45) is 5.41 Å². The van der Waals surface area contributed by atoms with E-state index in [1.165, 1.54) is 11.6 Å². The first-order valence-corrected chi connectivity index (χ1v) is 5.70. The van der Waals surface area contributed by atoms with Gasteiger partial charge in [-0.2, -0.15) is 0 Å². The summed E-state index contributed by atoms with van der Waals surface area (Å²) >= 11 is 11.5. The van der Waals surface area contributed by atoms with E-state index in [0.29, 0.717) is 18.1 Å². The van der Waals surface area contributed by atoms with Gasteiger partial charge in [0.05, 0.1) is 17.8 Å². The third-order valence-electron chi connectivity index (χ3n) is 2.66. The van der Waals surface area contributed by atoms with Gasteiger partial charge in [-0.25, -0.2) is 0 Å². The lowest BCUT2D eigenvalue weighted by Gasteiger charge is -2.30. The van der Waals surface area contributed by atoms with Crippen LogP contribution >= 0.6 is 23.2 Å². The Labute approximate surface area is 99.9 Å². The molecule has 0 aliphatic heterocycles. The van der Waals surface area contributed by atoms with E-state index in [2.05, 4.69) is 0 Å². The van der Waals surface area contributed by atoms with Gasteiger partial charge < -0.3 is 4.74 Å². The van der Waals surface area contributed by atoms with Crippen LogP contribution in [0.5, 0.6) is 0 Å². The van der Waals surface area contributed by atoms with Crippen LogP contribution in [0.2, 0.25) is 0 Å². The lowest BCUT2D eigenvalue weighted by molar-refractivity contribution is -0.122. The molecule has 0 heterocycles. The van der Waals surface area contributed by atoms with Crippen LogP contribution in [-0.4, -0.2) is 12.4 Å². The summed E-state index contributed by atoms with van der Waals surface area (Å²) in [7, 11) is 0. The van der Waals surface area contributed by atoms with E-state index in [1.807, 2.05) is 6.92 Å². The zero-order valence-electron chi connectivity index (χ0n) is 8.85. The molecule has 0 aromatic heterocycles. The first-order valence-electron chi connectivity index (χ1n) is 4.88. The number of ether oxygens (including phenoxy) is 1. The fourth-order valence-corrected chi connectivity index (χ4v) is 1.96. The van der Waals surface area contributed by atoms with Gasteiger partial charge in [-0.1, -0.05) is 23.2 Å². The lowest BCUT2D eigenvalue weighted by atomic mass is 9.77. The number of carbonyl (C=O) groups excluding carboxylic acids is 1. The molecule has 1 aliphatic rings. The molecule has 1 unspecified atom stereocenters. The Bertz CT molecular complexity index is 321. The van der Waals surface area contributed by atoms with Crippen molar-refractivity contribution in [1.29, 1.82) is 0 Å². The number of halogens is 2. The molecule has 0 N–H and O–H groups in total.